The summed E-state index contributed by atoms with van der Waals surface area (Å²) in [6.07, 6.45) is -4.40. The Hall–Kier alpha value is -2.34. The highest BCUT2D eigenvalue weighted by Gasteiger charge is 2.41. The highest BCUT2D eigenvalue weighted by atomic mass is 19.4. The fourth-order valence-electron chi connectivity index (χ4n) is 3.85. The van der Waals surface area contributed by atoms with E-state index in [1.54, 1.807) is 0 Å². The van der Waals surface area contributed by atoms with Gasteiger partial charge < -0.3 is 5.32 Å². The topological polar surface area (TPSA) is 32.3 Å². The number of carbonyl (C=O) groups is 1. The maximum Gasteiger partial charge on any atom is 0.416 e. The van der Waals surface area contributed by atoms with Gasteiger partial charge in [-0.3, -0.25) is 9.69 Å². The first-order valence-corrected chi connectivity index (χ1v) is 8.23. The van der Waals surface area contributed by atoms with Crippen LogP contribution in [0.1, 0.15) is 34.2 Å². The molecule has 0 aliphatic carbocycles. The molecule has 1 amide bonds. The lowest BCUT2D eigenvalue weighted by atomic mass is 9.79. The number of hydrogen-bond donors (Lipinski definition) is 1. The Kier molecular flexibility index (Phi) is 3.80. The molecule has 0 bridgehead atoms. The van der Waals surface area contributed by atoms with Crippen LogP contribution >= 0.6 is 0 Å². The molecule has 2 heterocycles. The molecular weight excluding hydrogens is 329 g/mol. The summed E-state index contributed by atoms with van der Waals surface area (Å²) in [5, 5.41) is 2.82. The van der Waals surface area contributed by atoms with Gasteiger partial charge in [-0.05, 0) is 28.8 Å². The molecule has 1 fully saturated rings. The van der Waals surface area contributed by atoms with Crippen LogP contribution < -0.4 is 5.32 Å². The van der Waals surface area contributed by atoms with Crippen LogP contribution in [0.25, 0.3) is 0 Å². The standard InChI is InChI=1S/C19H17F3N2O/c20-19(21,22)13-6-7-14-15(10-13)16(12-4-2-1-3-5-12)11-24-9-8-23-18(25)17(14)24/h1-7,10,16-17H,8-9,11H2,(H,23,25)/t16-,17+/m1/s1. The summed E-state index contributed by atoms with van der Waals surface area (Å²) >= 11 is 0. The van der Waals surface area contributed by atoms with E-state index in [1.165, 1.54) is 12.1 Å². The predicted octanol–water partition coefficient (Wildman–Crippen LogP) is 3.32. The van der Waals surface area contributed by atoms with E-state index in [1.807, 2.05) is 30.3 Å². The molecule has 0 unspecified atom stereocenters. The van der Waals surface area contributed by atoms with Crippen LogP contribution in [0.4, 0.5) is 13.2 Å². The molecule has 2 aromatic carbocycles. The molecule has 4 rings (SSSR count). The van der Waals surface area contributed by atoms with Gasteiger partial charge in [-0.25, -0.2) is 0 Å². The van der Waals surface area contributed by atoms with E-state index in [2.05, 4.69) is 10.2 Å². The van der Waals surface area contributed by atoms with Crippen LogP contribution in [-0.4, -0.2) is 30.4 Å². The third kappa shape index (κ3) is 2.80. The highest BCUT2D eigenvalue weighted by molar-refractivity contribution is 5.85. The molecule has 25 heavy (non-hydrogen) atoms. The monoisotopic (exact) mass is 346 g/mol. The number of hydrogen-bond acceptors (Lipinski definition) is 2. The van der Waals surface area contributed by atoms with Gasteiger partial charge in [-0.2, -0.15) is 13.2 Å². The number of carbonyl (C=O) groups excluding carboxylic acids is 1. The molecule has 130 valence electrons. The number of piperazine rings is 1. The van der Waals surface area contributed by atoms with E-state index >= 15 is 0 Å². The minimum atomic E-state index is -4.40. The minimum Gasteiger partial charge on any atom is -0.353 e. The Balaban J connectivity index is 1.88. The van der Waals surface area contributed by atoms with E-state index in [0.717, 1.165) is 11.6 Å². The number of benzene rings is 2. The number of nitrogens with zero attached hydrogens (tertiary/aromatic N) is 1. The zero-order chi connectivity index (χ0) is 17.6. The second-order valence-corrected chi connectivity index (χ2v) is 6.49. The summed E-state index contributed by atoms with van der Waals surface area (Å²) in [6, 6.07) is 12.8. The Morgan fingerprint density at radius 3 is 2.52 bits per heavy atom. The van der Waals surface area contributed by atoms with E-state index in [4.69, 9.17) is 0 Å². The van der Waals surface area contributed by atoms with Crippen molar-refractivity contribution in [3.05, 3.63) is 70.8 Å². The highest BCUT2D eigenvalue weighted by Crippen LogP contribution is 2.42. The summed E-state index contributed by atoms with van der Waals surface area (Å²) in [5.41, 5.74) is 1.56. The fraction of sp³-hybridized carbons (Fsp3) is 0.316. The third-order valence-electron chi connectivity index (χ3n) is 5.01. The molecule has 3 nitrogen and oxygen atoms in total. The number of halogens is 3. The van der Waals surface area contributed by atoms with Crippen molar-refractivity contribution >= 4 is 5.91 Å². The molecule has 2 atom stereocenters. The van der Waals surface area contributed by atoms with Crippen molar-refractivity contribution in [3.63, 3.8) is 0 Å². The zero-order valence-electron chi connectivity index (χ0n) is 13.4. The van der Waals surface area contributed by atoms with Crippen molar-refractivity contribution in [2.45, 2.75) is 18.1 Å². The quantitative estimate of drug-likeness (QED) is 0.859. The average Bonchev–Trinajstić information content (AvgIpc) is 2.60. The van der Waals surface area contributed by atoms with Gasteiger partial charge in [0, 0.05) is 25.6 Å². The first-order valence-electron chi connectivity index (χ1n) is 8.23. The van der Waals surface area contributed by atoms with Gasteiger partial charge in [0.25, 0.3) is 0 Å². The van der Waals surface area contributed by atoms with E-state index < -0.39 is 17.8 Å². The molecule has 0 radical (unpaired) electrons. The van der Waals surface area contributed by atoms with Gasteiger partial charge in [0.15, 0.2) is 0 Å². The number of alkyl halides is 3. The van der Waals surface area contributed by atoms with Crippen LogP contribution in [0.5, 0.6) is 0 Å². The van der Waals surface area contributed by atoms with Crippen LogP contribution in [0.15, 0.2) is 48.5 Å². The van der Waals surface area contributed by atoms with Crippen molar-refractivity contribution in [1.82, 2.24) is 10.2 Å². The molecule has 2 aromatic rings. The summed E-state index contributed by atoms with van der Waals surface area (Å²) in [5.74, 6) is -0.320. The van der Waals surface area contributed by atoms with Gasteiger partial charge in [0.05, 0.1) is 5.56 Å². The maximum atomic E-state index is 13.2. The summed E-state index contributed by atoms with van der Waals surface area (Å²) in [7, 11) is 0. The van der Waals surface area contributed by atoms with Crippen molar-refractivity contribution in [2.75, 3.05) is 19.6 Å². The molecule has 0 saturated carbocycles. The number of fused-ring (bicyclic) bond motifs is 3. The van der Waals surface area contributed by atoms with Crippen LogP contribution in [0.3, 0.4) is 0 Å². The SMILES string of the molecule is O=C1NCCN2C[C@H](c3ccccc3)c3cc(C(F)(F)F)ccc3[C@@H]12. The fourth-order valence-corrected chi connectivity index (χ4v) is 3.85. The first-order chi connectivity index (χ1) is 11.9. The lowest BCUT2D eigenvalue weighted by Crippen LogP contribution is -2.53. The summed E-state index contributed by atoms with van der Waals surface area (Å²) in [4.78, 5) is 14.4. The molecular formula is C19H17F3N2O. The van der Waals surface area contributed by atoms with Crippen LogP contribution in [0, 0.1) is 0 Å². The Morgan fingerprint density at radius 1 is 1.04 bits per heavy atom. The molecule has 1 saturated heterocycles. The second-order valence-electron chi connectivity index (χ2n) is 6.49. The van der Waals surface area contributed by atoms with Gasteiger partial charge in [-0.1, -0.05) is 36.4 Å². The van der Waals surface area contributed by atoms with E-state index in [9.17, 15) is 18.0 Å². The Bertz CT molecular complexity index is 804. The van der Waals surface area contributed by atoms with Gasteiger partial charge >= 0.3 is 6.18 Å². The molecule has 0 aromatic heterocycles. The van der Waals surface area contributed by atoms with E-state index in [-0.39, 0.29) is 11.8 Å². The van der Waals surface area contributed by atoms with Crippen molar-refractivity contribution in [3.8, 4) is 0 Å². The first kappa shape index (κ1) is 16.1. The largest absolute Gasteiger partial charge is 0.416 e. The number of rotatable bonds is 1. The lowest BCUT2D eigenvalue weighted by Gasteiger charge is -2.43. The minimum absolute atomic E-state index is 0.140. The van der Waals surface area contributed by atoms with Gasteiger partial charge in [0.2, 0.25) is 5.91 Å². The smallest absolute Gasteiger partial charge is 0.353 e. The molecule has 1 N–H and O–H groups in total. The number of amides is 1. The normalized spacial score (nSPS) is 23.6. The molecule has 2 aliphatic rings. The van der Waals surface area contributed by atoms with Crippen molar-refractivity contribution in [2.24, 2.45) is 0 Å². The van der Waals surface area contributed by atoms with Crippen molar-refractivity contribution < 1.29 is 18.0 Å². The average molecular weight is 346 g/mol. The Morgan fingerprint density at radius 2 is 1.80 bits per heavy atom. The lowest BCUT2D eigenvalue weighted by molar-refractivity contribution is -0.137. The maximum absolute atomic E-state index is 13.2. The molecule has 2 aliphatic heterocycles. The predicted molar refractivity (Wildman–Crippen MR) is 87.1 cm³/mol. The van der Waals surface area contributed by atoms with Crippen LogP contribution in [0.2, 0.25) is 0 Å². The third-order valence-corrected chi connectivity index (χ3v) is 5.01. The zero-order valence-corrected chi connectivity index (χ0v) is 13.4. The van der Waals surface area contributed by atoms with Crippen LogP contribution in [-0.2, 0) is 11.0 Å². The van der Waals surface area contributed by atoms with E-state index in [0.29, 0.717) is 30.8 Å². The summed E-state index contributed by atoms with van der Waals surface area (Å²) in [6.45, 7) is 1.80. The Labute approximate surface area is 143 Å². The second kappa shape index (κ2) is 5.88. The molecule has 6 heteroatoms. The number of nitrogens with one attached hydrogen (secondary N) is 1. The summed E-state index contributed by atoms with van der Waals surface area (Å²) < 4.78 is 39.6. The van der Waals surface area contributed by atoms with Gasteiger partial charge in [0.1, 0.15) is 6.04 Å². The van der Waals surface area contributed by atoms with Crippen molar-refractivity contribution in [1.29, 1.82) is 0 Å². The molecule has 0 spiro atoms. The van der Waals surface area contributed by atoms with Gasteiger partial charge in [-0.15, -0.1) is 0 Å².